The summed E-state index contributed by atoms with van der Waals surface area (Å²) >= 11 is 9.91. The molecule has 4 heterocycles. The van der Waals surface area contributed by atoms with Crippen LogP contribution in [0.1, 0.15) is 42.5 Å². The smallest absolute Gasteiger partial charge is 0.273 e. The second-order valence-electron chi connectivity index (χ2n) is 8.31. The van der Waals surface area contributed by atoms with E-state index in [4.69, 9.17) is 21.3 Å². The zero-order valence-corrected chi connectivity index (χ0v) is 21.8. The Morgan fingerprint density at radius 3 is 2.62 bits per heavy atom. The van der Waals surface area contributed by atoms with Gasteiger partial charge in [0, 0.05) is 43.3 Å². The predicted molar refractivity (Wildman–Crippen MR) is 135 cm³/mol. The fourth-order valence-electron chi connectivity index (χ4n) is 3.50. The van der Waals surface area contributed by atoms with Crippen LogP contribution in [-0.2, 0) is 13.7 Å². The van der Waals surface area contributed by atoms with Crippen molar-refractivity contribution in [3.8, 4) is 22.8 Å². The molecule has 0 unspecified atom stereocenters. The Balaban J connectivity index is 1.76. The van der Waals surface area contributed by atoms with E-state index in [0.717, 1.165) is 17.1 Å². The number of halogens is 2. The van der Waals surface area contributed by atoms with E-state index < -0.39 is 0 Å². The molecular weight excluding hydrogens is 520 g/mol. The molecule has 4 aromatic heterocycles. The molecule has 8 nitrogen and oxygen atoms in total. The Morgan fingerprint density at radius 2 is 1.94 bits per heavy atom. The van der Waals surface area contributed by atoms with E-state index in [1.54, 1.807) is 23.0 Å². The molecule has 4 rings (SSSR count). The number of hydrogen-bond donors (Lipinski definition) is 0. The van der Waals surface area contributed by atoms with E-state index in [2.05, 4.69) is 31.0 Å². The van der Waals surface area contributed by atoms with E-state index in [0.29, 0.717) is 38.0 Å². The van der Waals surface area contributed by atoms with Gasteiger partial charge in [-0.25, -0.2) is 9.97 Å². The highest BCUT2D eigenvalue weighted by molar-refractivity contribution is 9.10. The maximum Gasteiger partial charge on any atom is 0.273 e. The number of aromatic nitrogens is 6. The van der Waals surface area contributed by atoms with Crippen LogP contribution >= 0.6 is 27.5 Å². The molecule has 0 aliphatic rings. The van der Waals surface area contributed by atoms with Gasteiger partial charge in [-0.2, -0.15) is 5.10 Å². The van der Waals surface area contributed by atoms with Crippen LogP contribution < -0.4 is 10.3 Å². The minimum absolute atomic E-state index is 0.172. The molecule has 176 valence electrons. The van der Waals surface area contributed by atoms with Gasteiger partial charge in [0.2, 0.25) is 0 Å². The molecule has 0 aromatic carbocycles. The highest BCUT2D eigenvalue weighted by Gasteiger charge is 2.18. The van der Waals surface area contributed by atoms with Crippen LogP contribution in [0, 0.1) is 13.8 Å². The van der Waals surface area contributed by atoms with Crippen LogP contribution in [0.3, 0.4) is 0 Å². The second kappa shape index (κ2) is 9.68. The maximum absolute atomic E-state index is 13.3. The molecule has 34 heavy (non-hydrogen) atoms. The van der Waals surface area contributed by atoms with Gasteiger partial charge in [-0.05, 0) is 47.5 Å². The Bertz CT molecular complexity index is 1430. The van der Waals surface area contributed by atoms with Crippen LogP contribution in [0.4, 0.5) is 0 Å². The largest absolute Gasteiger partial charge is 0.486 e. The Hall–Kier alpha value is -3.04. The van der Waals surface area contributed by atoms with Gasteiger partial charge in [-0.1, -0.05) is 25.4 Å². The van der Waals surface area contributed by atoms with Gasteiger partial charge in [0.05, 0.1) is 27.8 Å². The van der Waals surface area contributed by atoms with Crippen molar-refractivity contribution in [1.29, 1.82) is 0 Å². The van der Waals surface area contributed by atoms with Crippen LogP contribution in [0.5, 0.6) is 5.75 Å². The summed E-state index contributed by atoms with van der Waals surface area (Å²) in [7, 11) is 1.84. The van der Waals surface area contributed by atoms with E-state index in [1.165, 1.54) is 10.8 Å². The van der Waals surface area contributed by atoms with Gasteiger partial charge in [0.25, 0.3) is 5.56 Å². The van der Waals surface area contributed by atoms with Gasteiger partial charge in [0.15, 0.2) is 0 Å². The SMILES string of the molecule is Cc1cnc(C(C)C)nc1-c1cc(-n2c(C)cc(OCc3ccn(C)n3)c(Br)c2=O)c(Cl)cn1. The number of nitrogens with zero attached hydrogens (tertiary/aromatic N) is 6. The first-order valence-electron chi connectivity index (χ1n) is 10.7. The van der Waals surface area contributed by atoms with Gasteiger partial charge in [-0.3, -0.25) is 19.0 Å². The summed E-state index contributed by atoms with van der Waals surface area (Å²) < 4.78 is 9.39. The van der Waals surface area contributed by atoms with Crippen molar-refractivity contribution >= 4 is 27.5 Å². The molecule has 0 fully saturated rings. The van der Waals surface area contributed by atoms with Crippen molar-refractivity contribution in [3.63, 3.8) is 0 Å². The van der Waals surface area contributed by atoms with E-state index in [9.17, 15) is 4.79 Å². The van der Waals surface area contributed by atoms with Gasteiger partial charge < -0.3 is 4.74 Å². The normalized spacial score (nSPS) is 11.3. The lowest BCUT2D eigenvalue weighted by Crippen LogP contribution is -2.22. The number of hydrogen-bond acceptors (Lipinski definition) is 6. The summed E-state index contributed by atoms with van der Waals surface area (Å²) in [6.45, 7) is 8.07. The van der Waals surface area contributed by atoms with E-state index >= 15 is 0 Å². The Labute approximate surface area is 210 Å². The van der Waals surface area contributed by atoms with Crippen LogP contribution in [0.15, 0.2) is 46.1 Å². The Kier molecular flexibility index (Phi) is 6.86. The van der Waals surface area contributed by atoms with E-state index in [1.807, 2.05) is 47.0 Å². The summed E-state index contributed by atoms with van der Waals surface area (Å²) in [4.78, 5) is 26.9. The van der Waals surface area contributed by atoms with Crippen LogP contribution in [0.25, 0.3) is 17.1 Å². The first kappa shape index (κ1) is 24.1. The van der Waals surface area contributed by atoms with Gasteiger partial charge >= 0.3 is 0 Å². The third-order valence-corrected chi connectivity index (χ3v) is 6.29. The van der Waals surface area contributed by atoms with Crippen molar-refractivity contribution in [3.05, 3.63) is 79.4 Å². The topological polar surface area (TPSA) is 87.7 Å². The Morgan fingerprint density at radius 1 is 1.18 bits per heavy atom. The molecule has 0 radical (unpaired) electrons. The zero-order valence-electron chi connectivity index (χ0n) is 19.5. The highest BCUT2D eigenvalue weighted by atomic mass is 79.9. The van der Waals surface area contributed by atoms with Crippen LogP contribution in [-0.4, -0.2) is 29.3 Å². The molecule has 0 bridgehead atoms. The summed E-state index contributed by atoms with van der Waals surface area (Å²) in [5.41, 5.74) is 3.83. The van der Waals surface area contributed by atoms with Crippen LogP contribution in [0.2, 0.25) is 5.02 Å². The third kappa shape index (κ3) is 4.76. The minimum atomic E-state index is -0.294. The zero-order chi connectivity index (χ0) is 24.6. The average molecular weight is 544 g/mol. The number of aryl methyl sites for hydroxylation is 3. The van der Waals surface area contributed by atoms with Crippen molar-refractivity contribution < 1.29 is 4.74 Å². The molecule has 0 saturated carbocycles. The lowest BCUT2D eigenvalue weighted by Gasteiger charge is -2.16. The maximum atomic E-state index is 13.3. The van der Waals surface area contributed by atoms with Crippen molar-refractivity contribution in [2.75, 3.05) is 0 Å². The second-order valence-corrected chi connectivity index (χ2v) is 9.51. The van der Waals surface area contributed by atoms with Gasteiger partial charge in [-0.15, -0.1) is 0 Å². The molecule has 0 atom stereocenters. The van der Waals surface area contributed by atoms with Crippen molar-refractivity contribution in [2.45, 2.75) is 40.2 Å². The standard InChI is InChI=1S/C24H24BrClN6O2/c1-13(2)23-28-10-14(3)22(29-23)18-9-19(17(26)11-27-18)32-15(4)8-20(21(25)24(32)33)34-12-16-6-7-31(5)30-16/h6-11,13H,12H2,1-5H3. The predicted octanol–water partition coefficient (Wildman–Crippen LogP) is 5.16. The molecule has 0 N–H and O–H groups in total. The van der Waals surface area contributed by atoms with Crippen molar-refractivity contribution in [1.82, 2.24) is 29.3 Å². The summed E-state index contributed by atoms with van der Waals surface area (Å²) in [5.74, 6) is 1.33. The molecule has 0 saturated heterocycles. The lowest BCUT2D eigenvalue weighted by molar-refractivity contribution is 0.296. The van der Waals surface area contributed by atoms with E-state index in [-0.39, 0.29) is 18.1 Å². The molecule has 0 aliphatic carbocycles. The minimum Gasteiger partial charge on any atom is -0.486 e. The lowest BCUT2D eigenvalue weighted by atomic mass is 10.1. The fourth-order valence-corrected chi connectivity index (χ4v) is 4.09. The molecule has 0 amide bonds. The fraction of sp³-hybridized carbons (Fsp3) is 0.292. The molecule has 0 spiro atoms. The monoisotopic (exact) mass is 542 g/mol. The molecule has 0 aliphatic heterocycles. The number of pyridine rings is 2. The quantitative estimate of drug-likeness (QED) is 0.334. The highest BCUT2D eigenvalue weighted by Crippen LogP contribution is 2.30. The summed E-state index contributed by atoms with van der Waals surface area (Å²) in [6.07, 6.45) is 5.16. The molecule has 10 heteroatoms. The summed E-state index contributed by atoms with van der Waals surface area (Å²) in [6, 6.07) is 5.43. The number of rotatable bonds is 6. The first-order chi connectivity index (χ1) is 16.2. The van der Waals surface area contributed by atoms with Gasteiger partial charge in [0.1, 0.15) is 22.7 Å². The molecular formula is C24H24BrClN6O2. The first-order valence-corrected chi connectivity index (χ1v) is 11.9. The number of ether oxygens (including phenoxy) is 1. The van der Waals surface area contributed by atoms with Crippen molar-refractivity contribution in [2.24, 2.45) is 7.05 Å². The summed E-state index contributed by atoms with van der Waals surface area (Å²) in [5, 5.41) is 4.64. The molecule has 4 aromatic rings. The third-order valence-electron chi connectivity index (χ3n) is 5.27. The average Bonchev–Trinajstić information content (AvgIpc) is 3.22.